The summed E-state index contributed by atoms with van der Waals surface area (Å²) >= 11 is 0. The van der Waals surface area contributed by atoms with Crippen LogP contribution in [0, 0.1) is 0 Å². The molecule has 0 saturated heterocycles. The maximum Gasteiger partial charge on any atom is 0.341 e. The van der Waals surface area contributed by atoms with Crippen molar-refractivity contribution >= 4 is 16.8 Å². The molecular weight excluding hydrogens is 266 g/mol. The molecule has 0 fully saturated rings. The Balaban J connectivity index is 2.50. The summed E-state index contributed by atoms with van der Waals surface area (Å²) in [6, 6.07) is 0. The normalized spacial score (nSPS) is 12.4. The number of carbonyl (C=O) groups is 1. The van der Waals surface area contributed by atoms with Crippen LogP contribution in [-0.2, 0) is 29.1 Å². The molecule has 1 aromatic heterocycles. The van der Waals surface area contributed by atoms with Crippen LogP contribution in [-0.4, -0.2) is 45.1 Å². The van der Waals surface area contributed by atoms with Gasteiger partial charge in [-0.05, 0) is 19.9 Å². The van der Waals surface area contributed by atoms with E-state index in [9.17, 15) is 9.00 Å². The van der Waals surface area contributed by atoms with Gasteiger partial charge in [-0.2, -0.15) is 5.10 Å². The van der Waals surface area contributed by atoms with E-state index in [1.165, 1.54) is 6.20 Å². The number of carbonyl (C=O) groups excluding carboxylic acids is 1. The van der Waals surface area contributed by atoms with Crippen LogP contribution in [0.15, 0.2) is 6.20 Å². The van der Waals surface area contributed by atoms with Crippen LogP contribution in [0.5, 0.6) is 0 Å². The van der Waals surface area contributed by atoms with Gasteiger partial charge in [0.1, 0.15) is 5.56 Å². The predicted molar refractivity (Wildman–Crippen MR) is 74.4 cm³/mol. The number of rotatable bonds is 8. The Bertz CT molecular complexity index is 445. The lowest BCUT2D eigenvalue weighted by Gasteiger charge is -2.07. The standard InChI is InChI=1S/C12H21N3O3S/c1-4-18-12(16)10-8-14-15(2)11(10)9-13-6-5-7-19(3)17/h8,13H,4-7,9H2,1-3H3. The number of aryl methyl sites for hydroxylation is 1. The van der Waals surface area contributed by atoms with E-state index in [1.54, 1.807) is 24.9 Å². The number of nitrogens with one attached hydrogen (secondary N) is 1. The van der Waals surface area contributed by atoms with Crippen molar-refractivity contribution in [2.24, 2.45) is 7.05 Å². The SMILES string of the molecule is CCOC(=O)c1cnn(C)c1CNCCCS(C)=O. The minimum atomic E-state index is -0.756. The summed E-state index contributed by atoms with van der Waals surface area (Å²) in [7, 11) is 1.04. The number of hydrogen-bond donors (Lipinski definition) is 1. The molecule has 19 heavy (non-hydrogen) atoms. The third kappa shape index (κ3) is 5.12. The van der Waals surface area contributed by atoms with Crippen molar-refractivity contribution in [3.63, 3.8) is 0 Å². The number of nitrogens with zero attached hydrogens (tertiary/aromatic N) is 2. The largest absolute Gasteiger partial charge is 0.462 e. The molecule has 1 N–H and O–H groups in total. The lowest BCUT2D eigenvalue weighted by atomic mass is 10.2. The number of aromatic nitrogens is 2. The monoisotopic (exact) mass is 287 g/mol. The van der Waals surface area contributed by atoms with Crippen LogP contribution >= 0.6 is 0 Å². The molecule has 1 heterocycles. The van der Waals surface area contributed by atoms with Crippen LogP contribution in [0.4, 0.5) is 0 Å². The Morgan fingerprint density at radius 2 is 2.32 bits per heavy atom. The molecule has 0 spiro atoms. The Kier molecular flexibility index (Phi) is 6.72. The van der Waals surface area contributed by atoms with Gasteiger partial charge < -0.3 is 10.1 Å². The molecule has 0 saturated carbocycles. The lowest BCUT2D eigenvalue weighted by molar-refractivity contribution is 0.0524. The topological polar surface area (TPSA) is 73.2 Å². The van der Waals surface area contributed by atoms with Crippen molar-refractivity contribution < 1.29 is 13.7 Å². The van der Waals surface area contributed by atoms with Crippen LogP contribution in [0.1, 0.15) is 29.4 Å². The smallest absolute Gasteiger partial charge is 0.341 e. The molecule has 0 aliphatic heterocycles. The third-order valence-corrected chi connectivity index (χ3v) is 3.50. The van der Waals surface area contributed by atoms with Crippen LogP contribution in [0.3, 0.4) is 0 Å². The van der Waals surface area contributed by atoms with E-state index in [0.717, 1.165) is 18.7 Å². The highest BCUT2D eigenvalue weighted by Gasteiger charge is 2.16. The van der Waals surface area contributed by atoms with Crippen molar-refractivity contribution in [2.75, 3.05) is 25.2 Å². The highest BCUT2D eigenvalue weighted by molar-refractivity contribution is 7.84. The third-order valence-electron chi connectivity index (χ3n) is 2.63. The van der Waals surface area contributed by atoms with Crippen molar-refractivity contribution in [2.45, 2.75) is 19.9 Å². The van der Waals surface area contributed by atoms with E-state index in [0.29, 0.717) is 24.5 Å². The van der Waals surface area contributed by atoms with Gasteiger partial charge in [0, 0.05) is 36.4 Å². The fourth-order valence-electron chi connectivity index (χ4n) is 1.66. The first kappa shape index (κ1) is 15.8. The molecule has 1 unspecified atom stereocenters. The molecule has 108 valence electrons. The highest BCUT2D eigenvalue weighted by Crippen LogP contribution is 2.09. The van der Waals surface area contributed by atoms with Gasteiger partial charge in [0.2, 0.25) is 0 Å². The molecule has 1 aromatic rings. The van der Waals surface area contributed by atoms with E-state index in [1.807, 2.05) is 0 Å². The summed E-state index contributed by atoms with van der Waals surface area (Å²) in [5, 5.41) is 7.29. The van der Waals surface area contributed by atoms with Crippen molar-refractivity contribution in [3.8, 4) is 0 Å². The van der Waals surface area contributed by atoms with E-state index in [2.05, 4.69) is 10.4 Å². The Labute approximate surface area is 116 Å². The molecule has 0 radical (unpaired) electrons. The van der Waals surface area contributed by atoms with Crippen molar-refractivity contribution in [1.82, 2.24) is 15.1 Å². The zero-order chi connectivity index (χ0) is 14.3. The first-order valence-corrected chi connectivity index (χ1v) is 7.97. The lowest BCUT2D eigenvalue weighted by Crippen LogP contribution is -2.20. The summed E-state index contributed by atoms with van der Waals surface area (Å²) in [6.45, 7) is 3.42. The number of esters is 1. The second-order valence-corrected chi connectivity index (χ2v) is 5.71. The van der Waals surface area contributed by atoms with Gasteiger partial charge in [-0.25, -0.2) is 4.79 Å². The van der Waals surface area contributed by atoms with Crippen molar-refractivity contribution in [3.05, 3.63) is 17.5 Å². The minimum absolute atomic E-state index is 0.345. The average Bonchev–Trinajstić information content (AvgIpc) is 2.70. The van der Waals surface area contributed by atoms with Crippen LogP contribution < -0.4 is 5.32 Å². The molecular formula is C12H21N3O3S. The molecule has 0 aromatic carbocycles. The zero-order valence-corrected chi connectivity index (χ0v) is 12.5. The van der Waals surface area contributed by atoms with E-state index in [4.69, 9.17) is 4.74 Å². The van der Waals surface area contributed by atoms with Gasteiger partial charge in [-0.3, -0.25) is 8.89 Å². The first-order chi connectivity index (χ1) is 9.06. The molecule has 7 heteroatoms. The minimum Gasteiger partial charge on any atom is -0.462 e. The summed E-state index contributed by atoms with van der Waals surface area (Å²) in [4.78, 5) is 11.7. The summed E-state index contributed by atoms with van der Waals surface area (Å²) in [6.07, 6.45) is 4.06. The molecule has 0 bridgehead atoms. The summed E-state index contributed by atoms with van der Waals surface area (Å²) in [5.41, 5.74) is 1.30. The summed E-state index contributed by atoms with van der Waals surface area (Å²) in [5.74, 6) is 0.338. The zero-order valence-electron chi connectivity index (χ0n) is 11.6. The Hall–Kier alpha value is -1.21. The second kappa shape index (κ2) is 8.06. The first-order valence-electron chi connectivity index (χ1n) is 6.25. The highest BCUT2D eigenvalue weighted by atomic mass is 32.2. The summed E-state index contributed by atoms with van der Waals surface area (Å²) < 4.78 is 17.6. The van der Waals surface area contributed by atoms with Gasteiger partial charge in [0.25, 0.3) is 0 Å². The molecule has 0 amide bonds. The van der Waals surface area contributed by atoms with Gasteiger partial charge in [0.05, 0.1) is 18.5 Å². The van der Waals surface area contributed by atoms with Gasteiger partial charge in [0.15, 0.2) is 0 Å². The molecule has 1 rings (SSSR count). The predicted octanol–water partition coefficient (Wildman–Crippen LogP) is 0.455. The Morgan fingerprint density at radius 1 is 1.58 bits per heavy atom. The average molecular weight is 287 g/mol. The molecule has 0 aliphatic rings. The fourth-order valence-corrected chi connectivity index (χ4v) is 2.21. The molecule has 1 atom stereocenters. The molecule has 6 nitrogen and oxygen atoms in total. The van der Waals surface area contributed by atoms with Crippen molar-refractivity contribution in [1.29, 1.82) is 0 Å². The van der Waals surface area contributed by atoms with E-state index >= 15 is 0 Å². The van der Waals surface area contributed by atoms with Crippen LogP contribution in [0.25, 0.3) is 0 Å². The van der Waals surface area contributed by atoms with Gasteiger partial charge in [-0.15, -0.1) is 0 Å². The maximum atomic E-state index is 11.7. The van der Waals surface area contributed by atoms with E-state index in [-0.39, 0.29) is 5.97 Å². The van der Waals surface area contributed by atoms with Gasteiger partial charge >= 0.3 is 5.97 Å². The molecule has 0 aliphatic carbocycles. The van der Waals surface area contributed by atoms with Gasteiger partial charge in [-0.1, -0.05) is 0 Å². The quantitative estimate of drug-likeness (QED) is 0.555. The maximum absolute atomic E-state index is 11.7. The fraction of sp³-hybridized carbons (Fsp3) is 0.667. The second-order valence-electron chi connectivity index (χ2n) is 4.16. The van der Waals surface area contributed by atoms with E-state index < -0.39 is 10.8 Å². The number of ether oxygens (including phenoxy) is 1. The number of hydrogen-bond acceptors (Lipinski definition) is 5. The van der Waals surface area contributed by atoms with Crippen LogP contribution in [0.2, 0.25) is 0 Å². The Morgan fingerprint density at radius 3 is 2.95 bits per heavy atom.